The predicted molar refractivity (Wildman–Crippen MR) is 68.7 cm³/mol. The number of carbonyl (C=O) groups excluding carboxylic acids is 1. The molecule has 19 heavy (non-hydrogen) atoms. The van der Waals surface area contributed by atoms with Crippen LogP contribution in [0.5, 0.6) is 11.5 Å². The van der Waals surface area contributed by atoms with Gasteiger partial charge in [-0.3, -0.25) is 4.79 Å². The zero-order chi connectivity index (χ0) is 13.8. The van der Waals surface area contributed by atoms with Crippen molar-refractivity contribution < 1.29 is 18.8 Å². The lowest BCUT2D eigenvalue weighted by Gasteiger charge is -2.11. The Kier molecular flexibility index (Phi) is 3.70. The maximum atomic E-state index is 12.1. The number of hydrogen-bond donors (Lipinski definition) is 1. The molecule has 0 saturated carbocycles. The Balaban J connectivity index is 2.28. The van der Waals surface area contributed by atoms with Gasteiger partial charge in [0.25, 0.3) is 5.91 Å². The average Bonchev–Trinajstić information content (AvgIpc) is 2.82. The van der Waals surface area contributed by atoms with Crippen LogP contribution in [-0.2, 0) is 0 Å². The molecule has 100 valence electrons. The van der Waals surface area contributed by atoms with E-state index in [1.165, 1.54) is 14.2 Å². The molecule has 6 nitrogen and oxygen atoms in total. The fraction of sp³-hybridized carbons (Fsp3) is 0.231. The van der Waals surface area contributed by atoms with Crippen LogP contribution in [-0.4, -0.2) is 25.3 Å². The van der Waals surface area contributed by atoms with Crippen molar-refractivity contribution in [2.45, 2.75) is 6.92 Å². The summed E-state index contributed by atoms with van der Waals surface area (Å²) in [7, 11) is 3.00. The number of anilines is 1. The topological polar surface area (TPSA) is 73.6 Å². The summed E-state index contributed by atoms with van der Waals surface area (Å²) in [5, 5.41) is 6.33. The number of para-hydroxylation sites is 1. The minimum Gasteiger partial charge on any atom is -0.493 e. The summed E-state index contributed by atoms with van der Waals surface area (Å²) in [6.07, 6.45) is 0. The van der Waals surface area contributed by atoms with Crippen LogP contribution in [0.15, 0.2) is 28.8 Å². The molecule has 0 spiro atoms. The van der Waals surface area contributed by atoms with Crippen molar-refractivity contribution in [3.05, 3.63) is 35.6 Å². The standard InChI is InChI=1S/C13H14N2O4/c1-8-7-11(15-19-8)14-13(16)9-5-4-6-10(17-2)12(9)18-3/h4-7H,1-3H3,(H,14,15,16). The highest BCUT2D eigenvalue weighted by Gasteiger charge is 2.17. The first kappa shape index (κ1) is 12.9. The number of aryl methyl sites for hydroxylation is 1. The highest BCUT2D eigenvalue weighted by atomic mass is 16.5. The maximum Gasteiger partial charge on any atom is 0.260 e. The number of nitrogens with one attached hydrogen (secondary N) is 1. The second-order valence-electron chi connectivity index (χ2n) is 3.82. The molecule has 0 unspecified atom stereocenters. The Morgan fingerprint density at radius 1 is 1.32 bits per heavy atom. The van der Waals surface area contributed by atoms with Crippen molar-refractivity contribution in [1.29, 1.82) is 0 Å². The smallest absolute Gasteiger partial charge is 0.260 e. The Hall–Kier alpha value is -2.50. The van der Waals surface area contributed by atoms with Gasteiger partial charge in [-0.2, -0.15) is 0 Å². The van der Waals surface area contributed by atoms with Crippen LogP contribution in [0.1, 0.15) is 16.1 Å². The van der Waals surface area contributed by atoms with Gasteiger partial charge in [0.1, 0.15) is 5.76 Å². The first-order valence-corrected chi connectivity index (χ1v) is 5.61. The number of hydrogen-bond acceptors (Lipinski definition) is 5. The van der Waals surface area contributed by atoms with Crippen molar-refractivity contribution in [2.24, 2.45) is 0 Å². The highest BCUT2D eigenvalue weighted by Crippen LogP contribution is 2.31. The van der Waals surface area contributed by atoms with Gasteiger partial charge in [-0.05, 0) is 19.1 Å². The van der Waals surface area contributed by atoms with Crippen LogP contribution in [0, 0.1) is 6.92 Å². The summed E-state index contributed by atoms with van der Waals surface area (Å²) >= 11 is 0. The van der Waals surface area contributed by atoms with Crippen LogP contribution in [0.4, 0.5) is 5.82 Å². The van der Waals surface area contributed by atoms with Gasteiger partial charge in [-0.25, -0.2) is 0 Å². The average molecular weight is 262 g/mol. The van der Waals surface area contributed by atoms with Crippen molar-refractivity contribution in [1.82, 2.24) is 5.16 Å². The van der Waals surface area contributed by atoms with E-state index in [4.69, 9.17) is 14.0 Å². The minimum absolute atomic E-state index is 0.343. The van der Waals surface area contributed by atoms with E-state index in [2.05, 4.69) is 10.5 Å². The second-order valence-corrected chi connectivity index (χ2v) is 3.82. The summed E-state index contributed by atoms with van der Waals surface area (Å²) < 4.78 is 15.2. The molecular formula is C13H14N2O4. The zero-order valence-electron chi connectivity index (χ0n) is 10.9. The van der Waals surface area contributed by atoms with Gasteiger partial charge in [-0.15, -0.1) is 0 Å². The van der Waals surface area contributed by atoms with Gasteiger partial charge in [0.2, 0.25) is 0 Å². The van der Waals surface area contributed by atoms with Crippen molar-refractivity contribution in [3.63, 3.8) is 0 Å². The van der Waals surface area contributed by atoms with Gasteiger partial charge in [0.05, 0.1) is 19.8 Å². The first-order chi connectivity index (χ1) is 9.15. The summed E-state index contributed by atoms with van der Waals surface area (Å²) in [5.41, 5.74) is 0.363. The Labute approximate surface area is 110 Å². The van der Waals surface area contributed by atoms with Crippen LogP contribution in [0.25, 0.3) is 0 Å². The summed E-state index contributed by atoms with van der Waals surface area (Å²) in [4.78, 5) is 12.1. The lowest BCUT2D eigenvalue weighted by molar-refractivity contribution is 0.102. The number of ether oxygens (including phenoxy) is 2. The van der Waals surface area contributed by atoms with Gasteiger partial charge in [0, 0.05) is 6.07 Å². The SMILES string of the molecule is COc1cccc(C(=O)Nc2cc(C)on2)c1OC. The molecule has 0 saturated heterocycles. The number of rotatable bonds is 4. The summed E-state index contributed by atoms with van der Waals surface area (Å²) in [5.74, 6) is 1.50. The highest BCUT2D eigenvalue weighted by molar-refractivity contribution is 6.06. The molecule has 0 aliphatic rings. The number of amides is 1. The third-order valence-corrected chi connectivity index (χ3v) is 2.52. The van der Waals surface area contributed by atoms with E-state index in [1.54, 1.807) is 31.2 Å². The Morgan fingerprint density at radius 3 is 2.68 bits per heavy atom. The molecule has 0 radical (unpaired) electrons. The van der Waals surface area contributed by atoms with Crippen molar-refractivity contribution in [3.8, 4) is 11.5 Å². The molecule has 1 amide bonds. The molecule has 6 heteroatoms. The van der Waals surface area contributed by atoms with Gasteiger partial charge in [-0.1, -0.05) is 11.2 Å². The zero-order valence-corrected chi connectivity index (χ0v) is 10.9. The molecule has 1 N–H and O–H groups in total. The molecule has 0 aliphatic heterocycles. The fourth-order valence-corrected chi connectivity index (χ4v) is 1.67. The Bertz CT molecular complexity index is 592. The van der Waals surface area contributed by atoms with Crippen molar-refractivity contribution >= 4 is 11.7 Å². The third kappa shape index (κ3) is 2.67. The molecule has 1 aromatic carbocycles. The van der Waals surface area contributed by atoms with Gasteiger partial charge in [0.15, 0.2) is 17.3 Å². The number of nitrogens with zero attached hydrogens (tertiary/aromatic N) is 1. The first-order valence-electron chi connectivity index (χ1n) is 5.61. The van der Waals surface area contributed by atoms with Crippen LogP contribution >= 0.6 is 0 Å². The van der Waals surface area contributed by atoms with Crippen LogP contribution in [0.3, 0.4) is 0 Å². The minimum atomic E-state index is -0.343. The molecular weight excluding hydrogens is 248 g/mol. The normalized spacial score (nSPS) is 10.1. The van der Waals surface area contributed by atoms with Gasteiger partial charge < -0.3 is 19.3 Å². The van der Waals surface area contributed by atoms with Crippen molar-refractivity contribution in [2.75, 3.05) is 19.5 Å². The van der Waals surface area contributed by atoms with Gasteiger partial charge >= 0.3 is 0 Å². The fourth-order valence-electron chi connectivity index (χ4n) is 1.67. The molecule has 0 atom stereocenters. The van der Waals surface area contributed by atoms with Crippen LogP contribution in [0.2, 0.25) is 0 Å². The summed E-state index contributed by atoms with van der Waals surface area (Å²) in [6.45, 7) is 1.74. The number of benzene rings is 1. The molecule has 0 aliphatic carbocycles. The number of aromatic nitrogens is 1. The lowest BCUT2D eigenvalue weighted by atomic mass is 10.1. The second kappa shape index (κ2) is 5.43. The predicted octanol–water partition coefficient (Wildman–Crippen LogP) is 2.25. The molecule has 1 heterocycles. The van der Waals surface area contributed by atoms with E-state index in [0.29, 0.717) is 28.6 Å². The van der Waals surface area contributed by atoms with E-state index >= 15 is 0 Å². The van der Waals surface area contributed by atoms with Crippen LogP contribution < -0.4 is 14.8 Å². The molecule has 0 bridgehead atoms. The van der Waals surface area contributed by atoms with E-state index in [0.717, 1.165) is 0 Å². The molecule has 0 fully saturated rings. The molecule has 1 aromatic heterocycles. The van der Waals surface area contributed by atoms with E-state index < -0.39 is 0 Å². The molecule has 2 aromatic rings. The number of methoxy groups -OCH3 is 2. The maximum absolute atomic E-state index is 12.1. The van der Waals surface area contributed by atoms with E-state index in [9.17, 15) is 4.79 Å². The molecule has 2 rings (SSSR count). The lowest BCUT2D eigenvalue weighted by Crippen LogP contribution is -2.13. The monoisotopic (exact) mass is 262 g/mol. The quantitative estimate of drug-likeness (QED) is 0.914. The Morgan fingerprint density at radius 2 is 2.11 bits per heavy atom. The van der Waals surface area contributed by atoms with E-state index in [-0.39, 0.29) is 5.91 Å². The number of carbonyl (C=O) groups is 1. The largest absolute Gasteiger partial charge is 0.493 e. The third-order valence-electron chi connectivity index (χ3n) is 2.52. The summed E-state index contributed by atoms with van der Waals surface area (Å²) in [6, 6.07) is 6.70. The van der Waals surface area contributed by atoms with E-state index in [1.807, 2.05) is 0 Å².